The van der Waals surface area contributed by atoms with Crippen molar-refractivity contribution >= 4 is 0 Å². The molecule has 3 aromatic rings. The standard InChI is InChI=1S/C27H33N3/c1-2-13-21-29(23-26-16-8-4-9-17-26)30(24-27-18-10-5-11-19-27)28(20-12-1)22-25-14-6-3-7-15-25/h3-11,14-19H,1-2,12-13,20-24H2. The predicted octanol–water partition coefficient (Wildman–Crippen LogP) is 5.90. The van der Waals surface area contributed by atoms with Crippen molar-refractivity contribution in [3.8, 4) is 0 Å². The van der Waals surface area contributed by atoms with Crippen LogP contribution in [0.4, 0.5) is 0 Å². The molecule has 0 saturated carbocycles. The molecular weight excluding hydrogens is 366 g/mol. The molecule has 0 atom stereocenters. The molecule has 0 aliphatic carbocycles. The molecule has 0 aromatic heterocycles. The summed E-state index contributed by atoms with van der Waals surface area (Å²) in [4.78, 5) is 0. The lowest BCUT2D eigenvalue weighted by atomic mass is 10.2. The van der Waals surface area contributed by atoms with E-state index in [-0.39, 0.29) is 0 Å². The molecule has 156 valence electrons. The highest BCUT2D eigenvalue weighted by molar-refractivity contribution is 5.17. The normalized spacial score (nSPS) is 17.2. The summed E-state index contributed by atoms with van der Waals surface area (Å²) in [6, 6.07) is 32.7. The summed E-state index contributed by atoms with van der Waals surface area (Å²) in [5.41, 5.74) is 4.09. The van der Waals surface area contributed by atoms with E-state index in [2.05, 4.69) is 106 Å². The maximum Gasteiger partial charge on any atom is 0.0543 e. The molecule has 30 heavy (non-hydrogen) atoms. The Hall–Kier alpha value is -2.46. The quantitative estimate of drug-likeness (QED) is 0.511. The van der Waals surface area contributed by atoms with Crippen LogP contribution in [0.3, 0.4) is 0 Å². The van der Waals surface area contributed by atoms with E-state index in [4.69, 9.17) is 0 Å². The molecule has 3 aromatic carbocycles. The van der Waals surface area contributed by atoms with E-state index in [9.17, 15) is 0 Å². The van der Waals surface area contributed by atoms with Gasteiger partial charge in [-0.15, -0.1) is 0 Å². The second-order valence-electron chi connectivity index (χ2n) is 8.18. The average Bonchev–Trinajstić information content (AvgIpc) is 2.88. The third-order valence-electron chi connectivity index (χ3n) is 5.82. The van der Waals surface area contributed by atoms with Gasteiger partial charge in [-0.25, -0.2) is 10.0 Å². The van der Waals surface area contributed by atoms with Gasteiger partial charge in [-0.05, 0) is 29.5 Å². The Kier molecular flexibility index (Phi) is 7.68. The lowest BCUT2D eigenvalue weighted by molar-refractivity contribution is -0.202. The van der Waals surface area contributed by atoms with E-state index in [1.54, 1.807) is 0 Å². The largest absolute Gasteiger partial charge is 0.223 e. The Morgan fingerprint density at radius 2 is 0.800 bits per heavy atom. The number of rotatable bonds is 6. The smallest absolute Gasteiger partial charge is 0.0543 e. The molecule has 0 amide bonds. The Labute approximate surface area is 181 Å². The molecule has 0 spiro atoms. The minimum atomic E-state index is 0.903. The van der Waals surface area contributed by atoms with Crippen LogP contribution in [0.2, 0.25) is 0 Å². The molecule has 1 saturated heterocycles. The maximum atomic E-state index is 2.57. The van der Waals surface area contributed by atoms with Gasteiger partial charge in [0.1, 0.15) is 0 Å². The Bertz CT molecular complexity index is 798. The monoisotopic (exact) mass is 399 g/mol. The van der Waals surface area contributed by atoms with Crippen LogP contribution in [-0.4, -0.2) is 28.2 Å². The summed E-state index contributed by atoms with van der Waals surface area (Å²) in [5, 5.41) is 7.66. The number of nitrogens with zero attached hydrogens (tertiary/aromatic N) is 3. The van der Waals surface area contributed by atoms with Gasteiger partial charge in [0.15, 0.2) is 0 Å². The minimum absolute atomic E-state index is 0.903. The zero-order chi connectivity index (χ0) is 20.4. The molecule has 1 fully saturated rings. The molecule has 4 rings (SSSR count). The fraction of sp³-hybridized carbons (Fsp3) is 0.333. The van der Waals surface area contributed by atoms with Crippen LogP contribution in [0.1, 0.15) is 42.4 Å². The van der Waals surface area contributed by atoms with Crippen LogP contribution in [-0.2, 0) is 19.6 Å². The van der Waals surface area contributed by atoms with Crippen LogP contribution in [0.5, 0.6) is 0 Å². The summed E-state index contributed by atoms with van der Waals surface area (Å²) >= 11 is 0. The first-order chi connectivity index (χ1) is 14.9. The maximum absolute atomic E-state index is 2.57. The van der Waals surface area contributed by atoms with Crippen molar-refractivity contribution in [3.63, 3.8) is 0 Å². The highest BCUT2D eigenvalue weighted by Gasteiger charge is 2.24. The van der Waals surface area contributed by atoms with Crippen molar-refractivity contribution in [1.29, 1.82) is 0 Å². The Balaban J connectivity index is 1.63. The topological polar surface area (TPSA) is 9.72 Å². The van der Waals surface area contributed by atoms with Gasteiger partial charge < -0.3 is 0 Å². The third-order valence-corrected chi connectivity index (χ3v) is 5.82. The number of hydrogen-bond acceptors (Lipinski definition) is 3. The lowest BCUT2D eigenvalue weighted by Crippen LogP contribution is -2.52. The molecule has 1 heterocycles. The first kappa shape index (κ1) is 20.8. The zero-order valence-electron chi connectivity index (χ0n) is 17.9. The van der Waals surface area contributed by atoms with Crippen LogP contribution < -0.4 is 0 Å². The van der Waals surface area contributed by atoms with Crippen molar-refractivity contribution in [1.82, 2.24) is 15.1 Å². The number of hydrazine groups is 2. The SMILES string of the molecule is c1ccc(CN2CCCCCCN(Cc3ccccc3)N2Cc2ccccc2)cc1. The van der Waals surface area contributed by atoms with Gasteiger partial charge >= 0.3 is 0 Å². The molecule has 0 N–H and O–H groups in total. The van der Waals surface area contributed by atoms with Gasteiger partial charge in [-0.1, -0.05) is 104 Å². The van der Waals surface area contributed by atoms with Crippen LogP contribution >= 0.6 is 0 Å². The lowest BCUT2D eigenvalue weighted by Gasteiger charge is -2.42. The summed E-state index contributed by atoms with van der Waals surface area (Å²) in [5.74, 6) is 0. The number of benzene rings is 3. The number of hydrogen-bond donors (Lipinski definition) is 0. The molecule has 1 aliphatic rings. The van der Waals surface area contributed by atoms with Gasteiger partial charge in [0.05, 0.1) is 6.54 Å². The van der Waals surface area contributed by atoms with Gasteiger partial charge in [-0.3, -0.25) is 0 Å². The zero-order valence-corrected chi connectivity index (χ0v) is 17.9. The van der Waals surface area contributed by atoms with Crippen molar-refractivity contribution < 1.29 is 0 Å². The summed E-state index contributed by atoms with van der Waals surface area (Å²) in [6.07, 6.45) is 5.11. The molecular formula is C27H33N3. The van der Waals surface area contributed by atoms with Gasteiger partial charge in [0, 0.05) is 26.2 Å². The van der Waals surface area contributed by atoms with Crippen molar-refractivity contribution in [2.45, 2.75) is 45.3 Å². The van der Waals surface area contributed by atoms with Crippen molar-refractivity contribution in [3.05, 3.63) is 108 Å². The van der Waals surface area contributed by atoms with Crippen LogP contribution in [0, 0.1) is 0 Å². The molecule has 3 heteroatoms. The molecule has 3 nitrogen and oxygen atoms in total. The first-order valence-corrected chi connectivity index (χ1v) is 11.3. The van der Waals surface area contributed by atoms with E-state index in [0.717, 1.165) is 32.7 Å². The van der Waals surface area contributed by atoms with Gasteiger partial charge in [-0.2, -0.15) is 5.12 Å². The highest BCUT2D eigenvalue weighted by atomic mass is 15.9. The van der Waals surface area contributed by atoms with Crippen LogP contribution in [0.25, 0.3) is 0 Å². The van der Waals surface area contributed by atoms with Gasteiger partial charge in [0.25, 0.3) is 0 Å². The second kappa shape index (κ2) is 11.1. The van der Waals surface area contributed by atoms with Crippen LogP contribution in [0.15, 0.2) is 91.0 Å². The van der Waals surface area contributed by atoms with Crippen molar-refractivity contribution in [2.24, 2.45) is 0 Å². The van der Waals surface area contributed by atoms with Crippen molar-refractivity contribution in [2.75, 3.05) is 13.1 Å². The molecule has 0 unspecified atom stereocenters. The summed E-state index contributed by atoms with van der Waals surface area (Å²) in [7, 11) is 0. The molecule has 1 aliphatic heterocycles. The average molecular weight is 400 g/mol. The molecule has 0 radical (unpaired) electrons. The second-order valence-corrected chi connectivity index (χ2v) is 8.18. The Morgan fingerprint density at radius 3 is 1.20 bits per heavy atom. The van der Waals surface area contributed by atoms with E-state index in [1.807, 2.05) is 0 Å². The fourth-order valence-corrected chi connectivity index (χ4v) is 4.21. The van der Waals surface area contributed by atoms with E-state index < -0.39 is 0 Å². The fourth-order valence-electron chi connectivity index (χ4n) is 4.21. The first-order valence-electron chi connectivity index (χ1n) is 11.3. The summed E-state index contributed by atoms with van der Waals surface area (Å²) in [6.45, 7) is 4.97. The molecule has 0 bridgehead atoms. The van der Waals surface area contributed by atoms with E-state index in [1.165, 1.54) is 42.4 Å². The van der Waals surface area contributed by atoms with E-state index >= 15 is 0 Å². The van der Waals surface area contributed by atoms with Gasteiger partial charge in [0.2, 0.25) is 0 Å². The van der Waals surface area contributed by atoms with E-state index in [0.29, 0.717) is 0 Å². The Morgan fingerprint density at radius 1 is 0.433 bits per heavy atom. The predicted molar refractivity (Wildman–Crippen MR) is 124 cm³/mol. The highest BCUT2D eigenvalue weighted by Crippen LogP contribution is 2.21. The minimum Gasteiger partial charge on any atom is -0.223 e. The summed E-state index contributed by atoms with van der Waals surface area (Å²) < 4.78 is 0. The third kappa shape index (κ3) is 6.02.